The molecule has 2 heterocycles. The summed E-state index contributed by atoms with van der Waals surface area (Å²) < 4.78 is 0. The van der Waals surface area contributed by atoms with E-state index < -0.39 is 0 Å². The minimum Gasteiger partial charge on any atom is -0.367 e. The highest BCUT2D eigenvalue weighted by atomic mass is 35.5. The van der Waals surface area contributed by atoms with Gasteiger partial charge in [-0.2, -0.15) is 4.98 Å². The molecule has 0 spiro atoms. The molecule has 1 aliphatic heterocycles. The summed E-state index contributed by atoms with van der Waals surface area (Å²) in [6, 6.07) is 22.8. The molecule has 0 bridgehead atoms. The number of piperidine rings is 1. The molecule has 172 valence electrons. The van der Waals surface area contributed by atoms with Crippen LogP contribution in [0.15, 0.2) is 72.8 Å². The Kier molecular flexibility index (Phi) is 6.52. The van der Waals surface area contributed by atoms with Crippen molar-refractivity contribution in [1.82, 2.24) is 14.9 Å². The number of nitrogens with one attached hydrogen (secondary N) is 2. The first kappa shape index (κ1) is 22.4. The van der Waals surface area contributed by atoms with Gasteiger partial charge in [0.2, 0.25) is 5.95 Å². The number of fused-ring (bicyclic) bond motifs is 1. The smallest absolute Gasteiger partial charge is 0.253 e. The molecule has 1 aliphatic rings. The van der Waals surface area contributed by atoms with E-state index in [-0.39, 0.29) is 11.9 Å². The summed E-state index contributed by atoms with van der Waals surface area (Å²) in [5.74, 6) is 1.29. The minimum absolute atomic E-state index is 0.0817. The first-order valence-corrected chi connectivity index (χ1v) is 11.9. The molecule has 0 saturated carbocycles. The largest absolute Gasteiger partial charge is 0.367 e. The van der Waals surface area contributed by atoms with Crippen molar-refractivity contribution < 1.29 is 4.79 Å². The fourth-order valence-electron chi connectivity index (χ4n) is 4.18. The van der Waals surface area contributed by atoms with Gasteiger partial charge in [-0.3, -0.25) is 4.79 Å². The van der Waals surface area contributed by atoms with Gasteiger partial charge in [0.1, 0.15) is 5.82 Å². The van der Waals surface area contributed by atoms with E-state index in [0.717, 1.165) is 35.1 Å². The van der Waals surface area contributed by atoms with Crippen LogP contribution in [-0.2, 0) is 0 Å². The summed E-state index contributed by atoms with van der Waals surface area (Å²) in [4.78, 5) is 24.1. The van der Waals surface area contributed by atoms with Crippen LogP contribution in [0.25, 0.3) is 10.9 Å². The van der Waals surface area contributed by atoms with Crippen LogP contribution in [0.1, 0.15) is 23.2 Å². The van der Waals surface area contributed by atoms with Crippen LogP contribution in [0.2, 0.25) is 10.0 Å². The fourth-order valence-corrected chi connectivity index (χ4v) is 4.71. The second-order valence-corrected chi connectivity index (χ2v) is 9.15. The van der Waals surface area contributed by atoms with E-state index in [9.17, 15) is 4.79 Å². The normalized spacial score (nSPS) is 14.2. The lowest BCUT2D eigenvalue weighted by Crippen LogP contribution is -2.42. The Morgan fingerprint density at radius 1 is 0.882 bits per heavy atom. The quantitative estimate of drug-likeness (QED) is 0.338. The van der Waals surface area contributed by atoms with Gasteiger partial charge in [-0.1, -0.05) is 53.5 Å². The molecular formula is C26H23Cl2N5O. The molecule has 4 aromatic rings. The lowest BCUT2D eigenvalue weighted by molar-refractivity contribution is 0.0718. The van der Waals surface area contributed by atoms with Gasteiger partial charge in [-0.15, -0.1) is 0 Å². The van der Waals surface area contributed by atoms with E-state index in [2.05, 4.69) is 15.6 Å². The molecule has 0 aliphatic carbocycles. The predicted octanol–water partition coefficient (Wildman–Crippen LogP) is 6.40. The van der Waals surface area contributed by atoms with Gasteiger partial charge in [0.05, 0.1) is 5.52 Å². The highest BCUT2D eigenvalue weighted by Gasteiger charge is 2.24. The molecule has 1 fully saturated rings. The number of aromatic nitrogens is 2. The third-order valence-corrected chi connectivity index (χ3v) is 6.30. The SMILES string of the molecule is O=C(c1ccccc1)N1CCC(Nc2nc(Nc3cc(Cl)cc(Cl)c3)nc3ccccc23)CC1. The molecule has 3 aromatic carbocycles. The van der Waals surface area contributed by atoms with E-state index in [1.807, 2.05) is 59.5 Å². The number of likely N-dealkylation sites (tertiary alicyclic amines) is 1. The van der Waals surface area contributed by atoms with Crippen molar-refractivity contribution in [3.63, 3.8) is 0 Å². The number of carbonyl (C=O) groups is 1. The molecule has 2 N–H and O–H groups in total. The highest BCUT2D eigenvalue weighted by Crippen LogP contribution is 2.28. The van der Waals surface area contributed by atoms with Crippen LogP contribution < -0.4 is 10.6 Å². The number of nitrogens with zero attached hydrogens (tertiary/aromatic N) is 3. The molecule has 34 heavy (non-hydrogen) atoms. The van der Waals surface area contributed by atoms with Gasteiger partial charge in [0.15, 0.2) is 0 Å². The van der Waals surface area contributed by atoms with Gasteiger partial charge in [-0.05, 0) is 55.3 Å². The first-order valence-electron chi connectivity index (χ1n) is 11.2. The molecule has 0 radical (unpaired) electrons. The molecule has 1 saturated heterocycles. The molecule has 6 nitrogen and oxygen atoms in total. The molecular weight excluding hydrogens is 469 g/mol. The van der Waals surface area contributed by atoms with E-state index in [1.165, 1.54) is 0 Å². The molecule has 0 atom stereocenters. The number of benzene rings is 3. The molecule has 0 unspecified atom stereocenters. The van der Waals surface area contributed by atoms with E-state index >= 15 is 0 Å². The molecule has 5 rings (SSSR count). The number of para-hydroxylation sites is 1. The van der Waals surface area contributed by atoms with Gasteiger partial charge in [-0.25, -0.2) is 4.98 Å². The number of carbonyl (C=O) groups excluding carboxylic acids is 1. The zero-order chi connectivity index (χ0) is 23.5. The standard InChI is InChI=1S/C26H23Cl2N5O/c27-18-14-19(28)16-21(15-18)30-26-31-23-9-5-4-8-22(23)24(32-26)29-20-10-12-33(13-11-20)25(34)17-6-2-1-3-7-17/h1-9,14-16,20H,10-13H2,(H2,29,30,31,32). The third kappa shape index (κ3) is 5.08. The average molecular weight is 492 g/mol. The first-order chi connectivity index (χ1) is 16.5. The number of halogens is 2. The van der Waals surface area contributed by atoms with Gasteiger partial charge in [0.25, 0.3) is 5.91 Å². The lowest BCUT2D eigenvalue weighted by Gasteiger charge is -2.33. The van der Waals surface area contributed by atoms with E-state index in [0.29, 0.717) is 34.8 Å². The molecule has 8 heteroatoms. The predicted molar refractivity (Wildman–Crippen MR) is 138 cm³/mol. The van der Waals surface area contributed by atoms with Crippen LogP contribution in [0.3, 0.4) is 0 Å². The second-order valence-electron chi connectivity index (χ2n) is 8.27. The maximum Gasteiger partial charge on any atom is 0.253 e. The van der Waals surface area contributed by atoms with Gasteiger partial charge >= 0.3 is 0 Å². The van der Waals surface area contributed by atoms with Crippen LogP contribution in [-0.4, -0.2) is 39.9 Å². The van der Waals surface area contributed by atoms with E-state index in [4.69, 9.17) is 28.2 Å². The highest BCUT2D eigenvalue weighted by molar-refractivity contribution is 6.35. The topological polar surface area (TPSA) is 70.2 Å². The zero-order valence-corrected chi connectivity index (χ0v) is 19.9. The summed E-state index contributed by atoms with van der Waals surface area (Å²) in [6.07, 6.45) is 1.67. The monoisotopic (exact) mass is 491 g/mol. The van der Waals surface area contributed by atoms with Gasteiger partial charge < -0.3 is 15.5 Å². The molecule has 1 amide bonds. The maximum atomic E-state index is 12.8. The Bertz CT molecular complexity index is 1300. The Hall–Kier alpha value is -3.35. The second kappa shape index (κ2) is 9.87. The van der Waals surface area contributed by atoms with E-state index in [1.54, 1.807) is 18.2 Å². The average Bonchev–Trinajstić information content (AvgIpc) is 2.84. The van der Waals surface area contributed by atoms with Crippen molar-refractivity contribution in [1.29, 1.82) is 0 Å². The number of amides is 1. The Labute approximate surface area is 207 Å². The number of hydrogen-bond donors (Lipinski definition) is 2. The van der Waals surface area contributed by atoms with Crippen LogP contribution >= 0.6 is 23.2 Å². The number of rotatable bonds is 5. The number of anilines is 3. The van der Waals surface area contributed by atoms with Crippen molar-refractivity contribution in [2.45, 2.75) is 18.9 Å². The third-order valence-electron chi connectivity index (χ3n) is 5.87. The minimum atomic E-state index is 0.0817. The Morgan fingerprint density at radius 3 is 2.29 bits per heavy atom. The van der Waals surface area contributed by atoms with Crippen LogP contribution in [0.4, 0.5) is 17.5 Å². The molecule has 1 aromatic heterocycles. The zero-order valence-electron chi connectivity index (χ0n) is 18.3. The summed E-state index contributed by atoms with van der Waals surface area (Å²) >= 11 is 12.3. The van der Waals surface area contributed by atoms with Crippen molar-refractivity contribution >= 4 is 57.5 Å². The Morgan fingerprint density at radius 2 is 1.56 bits per heavy atom. The lowest BCUT2D eigenvalue weighted by atomic mass is 10.0. The summed E-state index contributed by atoms with van der Waals surface area (Å²) in [7, 11) is 0. The van der Waals surface area contributed by atoms with Crippen molar-refractivity contribution in [3.05, 3.63) is 88.4 Å². The summed E-state index contributed by atoms with van der Waals surface area (Å²) in [6.45, 7) is 1.39. The summed E-state index contributed by atoms with van der Waals surface area (Å²) in [5, 5.41) is 8.81. The summed E-state index contributed by atoms with van der Waals surface area (Å²) in [5.41, 5.74) is 2.27. The van der Waals surface area contributed by atoms with Crippen molar-refractivity contribution in [2.75, 3.05) is 23.7 Å². The maximum absolute atomic E-state index is 12.8. The number of hydrogen-bond acceptors (Lipinski definition) is 5. The Balaban J connectivity index is 1.33. The fraction of sp³-hybridized carbons (Fsp3) is 0.192. The van der Waals surface area contributed by atoms with Crippen molar-refractivity contribution in [2.24, 2.45) is 0 Å². The van der Waals surface area contributed by atoms with Crippen LogP contribution in [0.5, 0.6) is 0 Å². The van der Waals surface area contributed by atoms with Gasteiger partial charge in [0, 0.05) is 45.8 Å². The van der Waals surface area contributed by atoms with Crippen LogP contribution in [0, 0.1) is 0 Å². The van der Waals surface area contributed by atoms with Crippen molar-refractivity contribution in [3.8, 4) is 0 Å².